The predicted octanol–water partition coefficient (Wildman–Crippen LogP) is 2.36. The lowest BCUT2D eigenvalue weighted by atomic mass is 9.89. The van der Waals surface area contributed by atoms with Crippen LogP contribution in [-0.2, 0) is 11.2 Å². The fraction of sp³-hybridized carbons (Fsp3) is 0.562. The van der Waals surface area contributed by atoms with Crippen molar-refractivity contribution in [2.24, 2.45) is 17.6 Å². The van der Waals surface area contributed by atoms with Gasteiger partial charge >= 0.3 is 0 Å². The summed E-state index contributed by atoms with van der Waals surface area (Å²) >= 11 is 0. The summed E-state index contributed by atoms with van der Waals surface area (Å²) < 4.78 is 0. The summed E-state index contributed by atoms with van der Waals surface area (Å²) in [7, 11) is 0. The van der Waals surface area contributed by atoms with Crippen molar-refractivity contribution in [2.75, 3.05) is 13.1 Å². The number of benzene rings is 1. The highest BCUT2D eigenvalue weighted by atomic mass is 16.2. The Labute approximate surface area is 115 Å². The summed E-state index contributed by atoms with van der Waals surface area (Å²) in [4.78, 5) is 14.6. The van der Waals surface area contributed by atoms with Gasteiger partial charge in [0, 0.05) is 19.0 Å². The first-order valence-corrected chi connectivity index (χ1v) is 7.14. The molecule has 1 aromatic carbocycles. The zero-order valence-corrected chi connectivity index (χ0v) is 12.1. The van der Waals surface area contributed by atoms with Crippen LogP contribution in [0.3, 0.4) is 0 Å². The van der Waals surface area contributed by atoms with E-state index in [4.69, 9.17) is 5.73 Å². The van der Waals surface area contributed by atoms with Crippen LogP contribution in [0.1, 0.15) is 37.9 Å². The van der Waals surface area contributed by atoms with Crippen LogP contribution in [0.5, 0.6) is 0 Å². The summed E-state index contributed by atoms with van der Waals surface area (Å²) in [6.07, 6.45) is 0.934. The molecular weight excluding hydrogens is 236 g/mol. The van der Waals surface area contributed by atoms with Crippen LogP contribution >= 0.6 is 0 Å². The van der Waals surface area contributed by atoms with Crippen molar-refractivity contribution in [3.63, 3.8) is 0 Å². The van der Waals surface area contributed by atoms with Crippen molar-refractivity contribution in [1.82, 2.24) is 4.90 Å². The second-order valence-electron chi connectivity index (χ2n) is 5.76. The molecule has 3 nitrogen and oxygen atoms in total. The molecule has 0 radical (unpaired) electrons. The molecule has 19 heavy (non-hydrogen) atoms. The van der Waals surface area contributed by atoms with Crippen molar-refractivity contribution in [3.8, 4) is 0 Å². The third-order valence-electron chi connectivity index (χ3n) is 4.31. The molecule has 1 aromatic rings. The maximum atomic E-state index is 12.6. The van der Waals surface area contributed by atoms with Gasteiger partial charge in [-0.25, -0.2) is 0 Å². The van der Waals surface area contributed by atoms with Gasteiger partial charge in [-0.15, -0.1) is 0 Å². The minimum absolute atomic E-state index is 0.0404. The standard InChI is InChI=1S/C16H24N2O/c1-11(2)12(3)16(19)18-9-8-13-6-4-5-7-14(13)15(18)10-17/h4-7,11-12,15H,8-10,17H2,1-3H3. The summed E-state index contributed by atoms with van der Waals surface area (Å²) in [6, 6.07) is 8.37. The zero-order valence-electron chi connectivity index (χ0n) is 12.1. The van der Waals surface area contributed by atoms with E-state index in [1.807, 2.05) is 17.9 Å². The predicted molar refractivity (Wildman–Crippen MR) is 77.7 cm³/mol. The minimum atomic E-state index is 0.0404. The van der Waals surface area contributed by atoms with E-state index < -0.39 is 0 Å². The minimum Gasteiger partial charge on any atom is -0.334 e. The van der Waals surface area contributed by atoms with Crippen LogP contribution in [0.25, 0.3) is 0 Å². The Hall–Kier alpha value is -1.35. The summed E-state index contributed by atoms with van der Waals surface area (Å²) in [6.45, 7) is 7.49. The van der Waals surface area contributed by atoms with Gasteiger partial charge < -0.3 is 10.6 Å². The van der Waals surface area contributed by atoms with E-state index in [0.717, 1.165) is 13.0 Å². The Morgan fingerprint density at radius 2 is 2.05 bits per heavy atom. The number of nitrogens with two attached hydrogens (primary N) is 1. The third-order valence-corrected chi connectivity index (χ3v) is 4.31. The number of carbonyl (C=O) groups excluding carboxylic acids is 1. The fourth-order valence-corrected chi connectivity index (χ4v) is 2.72. The lowest BCUT2D eigenvalue weighted by molar-refractivity contribution is -0.139. The number of hydrogen-bond donors (Lipinski definition) is 1. The summed E-state index contributed by atoms with van der Waals surface area (Å²) in [5, 5.41) is 0. The van der Waals surface area contributed by atoms with E-state index in [9.17, 15) is 4.79 Å². The molecule has 2 N–H and O–H groups in total. The summed E-state index contributed by atoms with van der Waals surface area (Å²) in [5.74, 6) is 0.655. The number of hydrogen-bond acceptors (Lipinski definition) is 2. The molecule has 104 valence electrons. The van der Waals surface area contributed by atoms with Gasteiger partial charge in [0.05, 0.1) is 6.04 Å². The molecule has 1 heterocycles. The monoisotopic (exact) mass is 260 g/mol. The first-order valence-electron chi connectivity index (χ1n) is 7.14. The molecule has 1 aliphatic heterocycles. The molecule has 3 heteroatoms. The van der Waals surface area contributed by atoms with E-state index in [1.54, 1.807) is 0 Å². The molecule has 2 rings (SSSR count). The van der Waals surface area contributed by atoms with Crippen LogP contribution in [0, 0.1) is 11.8 Å². The normalized spacial score (nSPS) is 20.3. The highest BCUT2D eigenvalue weighted by Gasteiger charge is 2.32. The van der Waals surface area contributed by atoms with Gasteiger partial charge in [0.1, 0.15) is 0 Å². The molecule has 0 aromatic heterocycles. The van der Waals surface area contributed by atoms with Crippen molar-refractivity contribution >= 4 is 5.91 Å². The second kappa shape index (κ2) is 5.74. The molecule has 0 aliphatic carbocycles. The Bertz CT molecular complexity index is 456. The van der Waals surface area contributed by atoms with Crippen LogP contribution < -0.4 is 5.73 Å². The van der Waals surface area contributed by atoms with Crippen molar-refractivity contribution in [2.45, 2.75) is 33.2 Å². The topological polar surface area (TPSA) is 46.3 Å². The van der Waals surface area contributed by atoms with E-state index in [0.29, 0.717) is 12.5 Å². The van der Waals surface area contributed by atoms with Gasteiger partial charge in [0.15, 0.2) is 0 Å². The van der Waals surface area contributed by atoms with Crippen LogP contribution in [0.4, 0.5) is 0 Å². The lowest BCUT2D eigenvalue weighted by Gasteiger charge is -2.38. The molecule has 1 aliphatic rings. The highest BCUT2D eigenvalue weighted by Crippen LogP contribution is 2.30. The first-order chi connectivity index (χ1) is 9.06. The quantitative estimate of drug-likeness (QED) is 0.907. The van der Waals surface area contributed by atoms with Gasteiger partial charge in [0.2, 0.25) is 5.91 Å². The number of fused-ring (bicyclic) bond motifs is 1. The second-order valence-corrected chi connectivity index (χ2v) is 5.76. The lowest BCUT2D eigenvalue weighted by Crippen LogP contribution is -2.46. The molecule has 0 saturated heterocycles. The average Bonchev–Trinajstić information content (AvgIpc) is 2.44. The molecular formula is C16H24N2O. The molecule has 0 saturated carbocycles. The molecule has 2 unspecified atom stereocenters. The Morgan fingerprint density at radius 3 is 2.68 bits per heavy atom. The SMILES string of the molecule is CC(C)C(C)C(=O)N1CCc2ccccc2C1CN. The maximum Gasteiger partial charge on any atom is 0.226 e. The molecule has 0 bridgehead atoms. The number of carbonyl (C=O) groups is 1. The molecule has 0 spiro atoms. The van der Waals surface area contributed by atoms with Crippen molar-refractivity contribution < 1.29 is 4.79 Å². The number of rotatable bonds is 3. The average molecular weight is 260 g/mol. The van der Waals surface area contributed by atoms with Gasteiger partial charge in [-0.2, -0.15) is 0 Å². The number of nitrogens with zero attached hydrogens (tertiary/aromatic N) is 1. The van der Waals surface area contributed by atoms with Crippen LogP contribution in [0.15, 0.2) is 24.3 Å². The molecule has 2 atom stereocenters. The Kier molecular flexibility index (Phi) is 4.25. The summed E-state index contributed by atoms with van der Waals surface area (Å²) in [5.41, 5.74) is 8.48. The van der Waals surface area contributed by atoms with E-state index in [-0.39, 0.29) is 17.9 Å². The number of amides is 1. The Morgan fingerprint density at radius 1 is 1.37 bits per heavy atom. The van der Waals surface area contributed by atoms with Crippen molar-refractivity contribution in [3.05, 3.63) is 35.4 Å². The van der Waals surface area contributed by atoms with E-state index in [1.165, 1.54) is 11.1 Å². The fourth-order valence-electron chi connectivity index (χ4n) is 2.72. The molecule has 0 fully saturated rings. The largest absolute Gasteiger partial charge is 0.334 e. The Balaban J connectivity index is 2.27. The van der Waals surface area contributed by atoms with Gasteiger partial charge in [-0.05, 0) is 23.5 Å². The first kappa shape index (κ1) is 14.1. The third kappa shape index (κ3) is 2.66. The maximum absolute atomic E-state index is 12.6. The van der Waals surface area contributed by atoms with E-state index in [2.05, 4.69) is 32.0 Å². The van der Waals surface area contributed by atoms with Gasteiger partial charge in [-0.3, -0.25) is 4.79 Å². The van der Waals surface area contributed by atoms with Crippen LogP contribution in [-0.4, -0.2) is 23.9 Å². The van der Waals surface area contributed by atoms with Gasteiger partial charge in [0.25, 0.3) is 0 Å². The van der Waals surface area contributed by atoms with Gasteiger partial charge in [-0.1, -0.05) is 45.0 Å². The smallest absolute Gasteiger partial charge is 0.226 e. The van der Waals surface area contributed by atoms with Crippen molar-refractivity contribution in [1.29, 1.82) is 0 Å². The molecule has 1 amide bonds. The highest BCUT2D eigenvalue weighted by molar-refractivity contribution is 5.79. The van der Waals surface area contributed by atoms with Crippen LogP contribution in [0.2, 0.25) is 0 Å². The zero-order chi connectivity index (χ0) is 14.0. The van der Waals surface area contributed by atoms with E-state index >= 15 is 0 Å².